The van der Waals surface area contributed by atoms with Crippen molar-refractivity contribution in [3.8, 4) is 17.1 Å². The van der Waals surface area contributed by atoms with Gasteiger partial charge in [-0.1, -0.05) is 0 Å². The van der Waals surface area contributed by atoms with Crippen LogP contribution in [0, 0.1) is 25.6 Å². The van der Waals surface area contributed by atoms with Crippen molar-refractivity contribution in [2.75, 3.05) is 19.5 Å². The van der Waals surface area contributed by atoms with Crippen LogP contribution in [-0.4, -0.2) is 52.8 Å². The molecule has 0 aliphatic heterocycles. The van der Waals surface area contributed by atoms with Crippen LogP contribution in [0.15, 0.2) is 63.5 Å². The number of aromatic nitrogens is 3. The maximum atomic E-state index is 15.2. The highest BCUT2D eigenvalue weighted by Gasteiger charge is 2.37. The predicted octanol–water partition coefficient (Wildman–Crippen LogP) is 7.15. The van der Waals surface area contributed by atoms with Gasteiger partial charge >= 0.3 is 6.18 Å². The number of allylic oxidation sites excluding steroid dienone is 7. The SMILES string of the molecule is Cc1nc(C2=C(n3cc(C(F)(F)F)nc3C)CCC(C3=CC(F)=C(CO)C(S(C)(=O)=O)C3)=C2)c(-c2ccc(OCC3CC3)c(F)c2)o1. The second kappa shape index (κ2) is 12.2. The number of halogens is 5. The van der Waals surface area contributed by atoms with E-state index in [0.717, 1.165) is 25.3 Å². The van der Waals surface area contributed by atoms with Crippen molar-refractivity contribution in [1.29, 1.82) is 0 Å². The van der Waals surface area contributed by atoms with Gasteiger partial charge in [0.05, 0.1) is 18.5 Å². The molecule has 1 unspecified atom stereocenters. The number of aliphatic hydroxyl groups is 1. The Morgan fingerprint density at radius 2 is 1.83 bits per heavy atom. The topological polar surface area (TPSA) is 107 Å². The maximum absolute atomic E-state index is 15.2. The van der Waals surface area contributed by atoms with Crippen molar-refractivity contribution in [3.05, 3.63) is 88.0 Å². The molecule has 0 spiro atoms. The number of ether oxygens (including phenoxy) is 1. The highest BCUT2D eigenvalue weighted by Crippen LogP contribution is 2.44. The number of oxazole rings is 1. The largest absolute Gasteiger partial charge is 0.490 e. The molecule has 3 aromatic rings. The Labute approximate surface area is 267 Å². The van der Waals surface area contributed by atoms with Crippen molar-refractivity contribution in [3.63, 3.8) is 0 Å². The normalized spacial score (nSPS) is 19.3. The predicted molar refractivity (Wildman–Crippen MR) is 164 cm³/mol. The summed E-state index contributed by atoms with van der Waals surface area (Å²) in [4.78, 5) is 8.27. The molecule has 14 heteroatoms. The Morgan fingerprint density at radius 3 is 2.45 bits per heavy atom. The fraction of sp³-hybridized carbons (Fsp3) is 0.394. The Bertz CT molecular complexity index is 1980. The third-order valence-corrected chi connectivity index (χ3v) is 10.1. The third kappa shape index (κ3) is 6.71. The smallest absolute Gasteiger partial charge is 0.434 e. The van der Waals surface area contributed by atoms with Crippen LogP contribution in [0.25, 0.3) is 22.6 Å². The Morgan fingerprint density at radius 1 is 1.09 bits per heavy atom. The Balaban J connectivity index is 1.50. The quantitative estimate of drug-likeness (QED) is 0.240. The van der Waals surface area contributed by atoms with Crippen LogP contribution < -0.4 is 4.74 Å². The number of sulfone groups is 1. The molecule has 1 aromatic carbocycles. The van der Waals surface area contributed by atoms with Crippen LogP contribution in [0.2, 0.25) is 0 Å². The first kappa shape index (κ1) is 32.9. The van der Waals surface area contributed by atoms with E-state index in [4.69, 9.17) is 9.15 Å². The van der Waals surface area contributed by atoms with E-state index in [1.54, 1.807) is 19.1 Å². The van der Waals surface area contributed by atoms with Gasteiger partial charge in [0, 0.05) is 41.8 Å². The van der Waals surface area contributed by atoms with Crippen LogP contribution in [0.4, 0.5) is 22.0 Å². The van der Waals surface area contributed by atoms with E-state index in [2.05, 4.69) is 9.97 Å². The van der Waals surface area contributed by atoms with Gasteiger partial charge in [-0.15, -0.1) is 0 Å². The first-order valence-electron chi connectivity index (χ1n) is 15.0. The summed E-state index contributed by atoms with van der Waals surface area (Å²) in [6.07, 6.45) is 2.26. The van der Waals surface area contributed by atoms with E-state index in [0.29, 0.717) is 40.5 Å². The molecule has 1 saturated carbocycles. The minimum atomic E-state index is -4.70. The van der Waals surface area contributed by atoms with Crippen molar-refractivity contribution in [2.24, 2.45) is 5.92 Å². The molecular weight excluding hydrogens is 645 g/mol. The van der Waals surface area contributed by atoms with Gasteiger partial charge in [0.15, 0.2) is 38.7 Å². The van der Waals surface area contributed by atoms with Crippen molar-refractivity contribution < 1.29 is 44.6 Å². The van der Waals surface area contributed by atoms with Crippen molar-refractivity contribution >= 4 is 21.1 Å². The lowest BCUT2D eigenvalue weighted by Crippen LogP contribution is -2.28. The zero-order chi connectivity index (χ0) is 33.8. The molecule has 1 N–H and O–H groups in total. The molecule has 0 saturated heterocycles. The average Bonchev–Trinajstić information content (AvgIpc) is 3.62. The van der Waals surface area contributed by atoms with E-state index in [-0.39, 0.29) is 53.8 Å². The lowest BCUT2D eigenvalue weighted by atomic mass is 9.84. The molecule has 6 rings (SSSR count). The van der Waals surface area contributed by atoms with Crippen LogP contribution in [0.1, 0.15) is 55.2 Å². The van der Waals surface area contributed by atoms with Gasteiger partial charge < -0.3 is 18.8 Å². The highest BCUT2D eigenvalue weighted by molar-refractivity contribution is 7.91. The van der Waals surface area contributed by atoms with Crippen LogP contribution in [-0.2, 0) is 16.0 Å². The zero-order valence-corrected chi connectivity index (χ0v) is 26.6. The van der Waals surface area contributed by atoms with E-state index < -0.39 is 45.2 Å². The summed E-state index contributed by atoms with van der Waals surface area (Å²) in [6.45, 7) is 2.64. The summed E-state index contributed by atoms with van der Waals surface area (Å²) in [5, 5.41) is 8.42. The summed E-state index contributed by atoms with van der Waals surface area (Å²) in [5.74, 6) is -0.597. The van der Waals surface area contributed by atoms with E-state index in [1.165, 1.54) is 29.7 Å². The van der Waals surface area contributed by atoms with E-state index in [1.807, 2.05) is 0 Å². The number of hydrogen-bond acceptors (Lipinski definition) is 7. The third-order valence-electron chi connectivity index (χ3n) is 8.58. The fourth-order valence-corrected chi connectivity index (χ4v) is 7.14. The number of rotatable bonds is 9. The Kier molecular flexibility index (Phi) is 8.54. The van der Waals surface area contributed by atoms with Gasteiger partial charge in [-0.25, -0.2) is 27.2 Å². The summed E-state index contributed by atoms with van der Waals surface area (Å²) in [7, 11) is -3.81. The molecule has 1 atom stereocenters. The van der Waals surface area contributed by atoms with Crippen molar-refractivity contribution in [1.82, 2.24) is 14.5 Å². The fourth-order valence-electron chi connectivity index (χ4n) is 5.96. The summed E-state index contributed by atoms with van der Waals surface area (Å²) in [6, 6.07) is 4.32. The number of aryl methyl sites for hydroxylation is 2. The van der Waals surface area contributed by atoms with E-state index in [9.17, 15) is 26.7 Å². The maximum Gasteiger partial charge on any atom is 0.434 e. The second-order valence-corrected chi connectivity index (χ2v) is 14.3. The molecule has 0 bridgehead atoms. The van der Waals surface area contributed by atoms with Crippen LogP contribution >= 0.6 is 0 Å². The molecule has 2 heterocycles. The molecule has 47 heavy (non-hydrogen) atoms. The molecule has 1 fully saturated rings. The van der Waals surface area contributed by atoms with Gasteiger partial charge in [0.25, 0.3) is 0 Å². The lowest BCUT2D eigenvalue weighted by Gasteiger charge is -2.28. The number of imidazole rings is 1. The molecule has 2 aromatic heterocycles. The summed E-state index contributed by atoms with van der Waals surface area (Å²) < 4.78 is 109. The first-order chi connectivity index (χ1) is 22.1. The average molecular weight is 678 g/mol. The molecule has 0 radical (unpaired) electrons. The van der Waals surface area contributed by atoms with E-state index >= 15 is 8.78 Å². The lowest BCUT2D eigenvalue weighted by molar-refractivity contribution is -0.141. The van der Waals surface area contributed by atoms with Gasteiger partial charge in [-0.3, -0.25) is 0 Å². The van der Waals surface area contributed by atoms with Crippen LogP contribution in [0.5, 0.6) is 5.75 Å². The summed E-state index contributed by atoms with van der Waals surface area (Å²) in [5.41, 5.74) is 0.761. The second-order valence-electron chi connectivity index (χ2n) is 12.1. The number of nitrogens with zero attached hydrogens (tertiary/aromatic N) is 3. The minimum absolute atomic E-state index is 0.0576. The molecular formula is C33H32F5N3O5S. The number of hydrogen-bond donors (Lipinski definition) is 1. The number of benzene rings is 1. The van der Waals surface area contributed by atoms with Gasteiger partial charge in [0.1, 0.15) is 17.3 Å². The van der Waals surface area contributed by atoms with Gasteiger partial charge in [-0.2, -0.15) is 13.2 Å². The molecule has 3 aliphatic rings. The standard InChI is InChI=1S/C33H32F5N3O5S/c1-17-39-30(33(36,37)38)14-41(17)27-8-6-20(22-12-25(34)24(15-42)29(13-22)47(3,43)44)10-23(27)31-32(46-18(2)40-31)21-7-9-28(26(35)11-21)45-16-19-4-5-19/h7,9-12,14,19,29,42H,4-6,8,13,15-16H2,1-3H3. The number of alkyl halides is 3. The highest BCUT2D eigenvalue weighted by atomic mass is 32.2. The number of aliphatic hydroxyl groups excluding tert-OH is 1. The Hall–Kier alpha value is -4.04. The van der Waals surface area contributed by atoms with Gasteiger partial charge in [0.2, 0.25) is 0 Å². The zero-order valence-electron chi connectivity index (χ0n) is 25.8. The monoisotopic (exact) mass is 677 g/mol. The first-order valence-corrected chi connectivity index (χ1v) is 17.0. The van der Waals surface area contributed by atoms with Gasteiger partial charge in [-0.05, 0) is 86.4 Å². The minimum Gasteiger partial charge on any atom is -0.490 e. The molecule has 3 aliphatic carbocycles. The molecule has 0 amide bonds. The van der Waals surface area contributed by atoms with Crippen molar-refractivity contribution in [2.45, 2.75) is 57.4 Å². The molecule has 8 nitrogen and oxygen atoms in total. The molecule has 250 valence electrons. The summed E-state index contributed by atoms with van der Waals surface area (Å²) >= 11 is 0. The van der Waals surface area contributed by atoms with Crippen LogP contribution in [0.3, 0.4) is 0 Å².